The Hall–Kier alpha value is -3.39. The summed E-state index contributed by atoms with van der Waals surface area (Å²) in [5.41, 5.74) is 5.01. The number of pyridine rings is 1. The number of benzene rings is 1. The molecule has 2 aromatic heterocycles. The van der Waals surface area contributed by atoms with Crippen molar-refractivity contribution < 1.29 is 14.8 Å². The molecule has 1 aliphatic carbocycles. The van der Waals surface area contributed by atoms with Gasteiger partial charge in [-0.25, -0.2) is 10.5 Å². The first-order chi connectivity index (χ1) is 16.0. The maximum absolute atomic E-state index is 12.9. The van der Waals surface area contributed by atoms with Crippen molar-refractivity contribution in [3.8, 4) is 0 Å². The second-order valence-corrected chi connectivity index (χ2v) is 9.34. The normalized spacial score (nSPS) is 17.6. The number of fused-ring (bicyclic) bond motifs is 1. The van der Waals surface area contributed by atoms with E-state index in [1.807, 2.05) is 29.4 Å². The number of carbonyl (C=O) groups is 2. The van der Waals surface area contributed by atoms with E-state index >= 15 is 0 Å². The second kappa shape index (κ2) is 8.51. The van der Waals surface area contributed by atoms with Gasteiger partial charge in [0.15, 0.2) is 0 Å². The molecule has 2 N–H and O–H groups in total. The monoisotopic (exact) mass is 447 g/mol. The van der Waals surface area contributed by atoms with Gasteiger partial charge < -0.3 is 14.4 Å². The minimum atomic E-state index is -0.525. The van der Waals surface area contributed by atoms with Gasteiger partial charge >= 0.3 is 0 Å². The average Bonchev–Trinajstić information content (AvgIpc) is 3.25. The summed E-state index contributed by atoms with van der Waals surface area (Å²) in [6.07, 6.45) is 7.07. The molecule has 33 heavy (non-hydrogen) atoms. The molecule has 8 heteroatoms. The van der Waals surface area contributed by atoms with Crippen LogP contribution in [-0.2, 0) is 11.3 Å². The van der Waals surface area contributed by atoms with Gasteiger partial charge in [-0.15, -0.1) is 0 Å². The summed E-state index contributed by atoms with van der Waals surface area (Å²) in [5, 5.41) is 9.87. The molecule has 0 atom stereocenters. The maximum Gasteiger partial charge on any atom is 0.274 e. The predicted molar refractivity (Wildman–Crippen MR) is 125 cm³/mol. The van der Waals surface area contributed by atoms with Crippen LogP contribution in [-0.4, -0.2) is 57.7 Å². The van der Waals surface area contributed by atoms with Gasteiger partial charge in [0, 0.05) is 67.2 Å². The number of piperazine rings is 1. The van der Waals surface area contributed by atoms with E-state index in [4.69, 9.17) is 5.21 Å². The standard InChI is InChI=1S/C25H29N5O3/c1-25(9-2-10-25)24(32)29-15-13-28(14-16-29)21-7-11-26-22-20(21)8-12-30(22)17-18-3-5-19(6-4-18)23(31)27-33/h3-8,11-12,33H,2,9-10,13-17H2,1H3,(H,27,31). The topological polar surface area (TPSA) is 90.7 Å². The van der Waals surface area contributed by atoms with Crippen LogP contribution in [0.15, 0.2) is 48.8 Å². The maximum atomic E-state index is 12.9. The van der Waals surface area contributed by atoms with Crippen LogP contribution in [0.2, 0.25) is 0 Å². The van der Waals surface area contributed by atoms with E-state index in [0.717, 1.165) is 67.7 Å². The van der Waals surface area contributed by atoms with Crippen molar-refractivity contribution in [3.05, 3.63) is 59.9 Å². The zero-order valence-corrected chi connectivity index (χ0v) is 18.8. The Labute approximate surface area is 192 Å². The van der Waals surface area contributed by atoms with Gasteiger partial charge in [-0.3, -0.25) is 14.8 Å². The molecule has 0 bridgehead atoms. The SMILES string of the molecule is CC1(C(=O)N2CCN(c3ccnc4c3ccn4Cc3ccc(C(=O)NO)cc3)CC2)CCC1. The average molecular weight is 448 g/mol. The summed E-state index contributed by atoms with van der Waals surface area (Å²) in [4.78, 5) is 33.4. The minimum absolute atomic E-state index is 0.135. The largest absolute Gasteiger partial charge is 0.367 e. The quantitative estimate of drug-likeness (QED) is 0.463. The third-order valence-corrected chi connectivity index (χ3v) is 7.19. The number of hydrogen-bond donors (Lipinski definition) is 2. The molecule has 5 rings (SSSR count). The molecule has 0 unspecified atom stereocenters. The van der Waals surface area contributed by atoms with Gasteiger partial charge in [-0.05, 0) is 42.7 Å². The van der Waals surface area contributed by atoms with Crippen molar-refractivity contribution in [2.75, 3.05) is 31.1 Å². The van der Waals surface area contributed by atoms with Crippen LogP contribution in [0.4, 0.5) is 5.69 Å². The van der Waals surface area contributed by atoms with Crippen LogP contribution in [0, 0.1) is 5.41 Å². The lowest BCUT2D eigenvalue weighted by Gasteiger charge is -2.44. The summed E-state index contributed by atoms with van der Waals surface area (Å²) < 4.78 is 2.09. The fourth-order valence-electron chi connectivity index (χ4n) is 4.96. The molecule has 8 nitrogen and oxygen atoms in total. The predicted octanol–water partition coefficient (Wildman–Crippen LogP) is 3.04. The molecule has 0 spiro atoms. The van der Waals surface area contributed by atoms with E-state index in [2.05, 4.69) is 33.5 Å². The zero-order chi connectivity index (χ0) is 23.0. The molecule has 1 aromatic carbocycles. The number of anilines is 1. The summed E-state index contributed by atoms with van der Waals surface area (Å²) in [6.45, 7) is 5.89. The van der Waals surface area contributed by atoms with Crippen LogP contribution in [0.5, 0.6) is 0 Å². The Morgan fingerprint density at radius 1 is 1.06 bits per heavy atom. The van der Waals surface area contributed by atoms with Crippen molar-refractivity contribution in [3.63, 3.8) is 0 Å². The number of amides is 2. The fourth-order valence-corrected chi connectivity index (χ4v) is 4.96. The first kappa shape index (κ1) is 21.5. The van der Waals surface area contributed by atoms with Gasteiger partial charge in [0.1, 0.15) is 5.65 Å². The van der Waals surface area contributed by atoms with E-state index in [1.54, 1.807) is 17.6 Å². The molecular weight excluding hydrogens is 418 g/mol. The van der Waals surface area contributed by atoms with Gasteiger partial charge in [0.05, 0.1) is 0 Å². The van der Waals surface area contributed by atoms with Crippen molar-refractivity contribution in [2.45, 2.75) is 32.7 Å². The van der Waals surface area contributed by atoms with Gasteiger partial charge in [-0.2, -0.15) is 0 Å². The summed E-state index contributed by atoms with van der Waals surface area (Å²) in [6, 6.07) is 11.3. The molecular formula is C25H29N5O3. The van der Waals surface area contributed by atoms with Crippen LogP contribution < -0.4 is 10.4 Å². The highest BCUT2D eigenvalue weighted by Crippen LogP contribution is 2.42. The third-order valence-electron chi connectivity index (χ3n) is 7.19. The Balaban J connectivity index is 1.30. The number of hydroxylamine groups is 1. The first-order valence-electron chi connectivity index (χ1n) is 11.5. The smallest absolute Gasteiger partial charge is 0.274 e. The number of carbonyl (C=O) groups excluding carboxylic acids is 2. The summed E-state index contributed by atoms with van der Waals surface area (Å²) >= 11 is 0. The zero-order valence-electron chi connectivity index (χ0n) is 18.8. The van der Waals surface area contributed by atoms with E-state index in [-0.39, 0.29) is 5.41 Å². The molecule has 1 saturated carbocycles. The lowest BCUT2D eigenvalue weighted by molar-refractivity contribution is -0.146. The van der Waals surface area contributed by atoms with E-state index in [9.17, 15) is 9.59 Å². The molecule has 2 fully saturated rings. The van der Waals surface area contributed by atoms with Crippen molar-refractivity contribution in [1.82, 2.24) is 19.9 Å². The minimum Gasteiger partial charge on any atom is -0.367 e. The fraction of sp³-hybridized carbons (Fsp3) is 0.400. The Bertz CT molecular complexity index is 1170. The highest BCUT2D eigenvalue weighted by Gasteiger charge is 2.42. The van der Waals surface area contributed by atoms with E-state index in [1.165, 1.54) is 0 Å². The second-order valence-electron chi connectivity index (χ2n) is 9.34. The van der Waals surface area contributed by atoms with Crippen LogP contribution >= 0.6 is 0 Å². The van der Waals surface area contributed by atoms with Gasteiger partial charge in [-0.1, -0.05) is 25.5 Å². The van der Waals surface area contributed by atoms with Crippen molar-refractivity contribution >= 4 is 28.5 Å². The Morgan fingerprint density at radius 2 is 1.79 bits per heavy atom. The molecule has 2 amide bonds. The van der Waals surface area contributed by atoms with Crippen molar-refractivity contribution in [1.29, 1.82) is 0 Å². The molecule has 3 heterocycles. The number of aromatic nitrogens is 2. The summed E-state index contributed by atoms with van der Waals surface area (Å²) in [5.74, 6) is -0.204. The lowest BCUT2D eigenvalue weighted by atomic mass is 9.69. The van der Waals surface area contributed by atoms with E-state index in [0.29, 0.717) is 18.0 Å². The Morgan fingerprint density at radius 3 is 2.42 bits per heavy atom. The van der Waals surface area contributed by atoms with Gasteiger partial charge in [0.2, 0.25) is 5.91 Å². The van der Waals surface area contributed by atoms with Crippen molar-refractivity contribution in [2.24, 2.45) is 5.41 Å². The number of nitrogens with zero attached hydrogens (tertiary/aromatic N) is 4. The summed E-state index contributed by atoms with van der Waals surface area (Å²) in [7, 11) is 0. The molecule has 1 aliphatic heterocycles. The highest BCUT2D eigenvalue weighted by molar-refractivity contribution is 5.93. The van der Waals surface area contributed by atoms with Gasteiger partial charge in [0.25, 0.3) is 5.91 Å². The molecule has 0 radical (unpaired) electrons. The van der Waals surface area contributed by atoms with Crippen LogP contribution in [0.25, 0.3) is 11.0 Å². The van der Waals surface area contributed by atoms with E-state index < -0.39 is 5.91 Å². The number of hydrogen-bond acceptors (Lipinski definition) is 5. The third kappa shape index (κ3) is 3.95. The van der Waals surface area contributed by atoms with Crippen LogP contribution in [0.1, 0.15) is 42.1 Å². The molecule has 172 valence electrons. The van der Waals surface area contributed by atoms with Crippen LogP contribution in [0.3, 0.4) is 0 Å². The molecule has 1 saturated heterocycles. The Kier molecular flexibility index (Phi) is 5.54. The first-order valence-corrected chi connectivity index (χ1v) is 11.5. The molecule has 3 aromatic rings. The molecule has 2 aliphatic rings. The number of nitrogens with one attached hydrogen (secondary N) is 1. The lowest BCUT2D eigenvalue weighted by Crippen LogP contribution is -2.54. The number of rotatable bonds is 5. The highest BCUT2D eigenvalue weighted by atomic mass is 16.5.